The molecule has 2 aromatic rings. The quantitative estimate of drug-likeness (QED) is 0.822. The first-order chi connectivity index (χ1) is 9.52. The summed E-state index contributed by atoms with van der Waals surface area (Å²) in [7, 11) is 0. The largest absolute Gasteiger partial charge is 0.306 e. The normalized spacial score (nSPS) is 12.4. The van der Waals surface area contributed by atoms with E-state index in [1.807, 2.05) is 6.92 Å². The van der Waals surface area contributed by atoms with E-state index in [2.05, 4.69) is 5.32 Å². The highest BCUT2D eigenvalue weighted by molar-refractivity contribution is 6.30. The third-order valence-electron chi connectivity index (χ3n) is 2.94. The van der Waals surface area contributed by atoms with Crippen LogP contribution in [0.5, 0.6) is 0 Å². The van der Waals surface area contributed by atoms with Crippen LogP contribution in [-0.4, -0.2) is 6.54 Å². The van der Waals surface area contributed by atoms with Crippen molar-refractivity contribution in [3.8, 4) is 0 Å². The Hall–Kier alpha value is -1.52. The summed E-state index contributed by atoms with van der Waals surface area (Å²) in [5.41, 5.74) is 0.734. The fourth-order valence-electron chi connectivity index (χ4n) is 2.06. The average molecular weight is 300 g/mol. The maximum absolute atomic E-state index is 13.9. The molecule has 5 heteroatoms. The maximum atomic E-state index is 13.9. The molecule has 0 aliphatic carbocycles. The summed E-state index contributed by atoms with van der Waals surface area (Å²) in [5, 5.41) is 3.54. The zero-order valence-corrected chi connectivity index (χ0v) is 11.5. The molecule has 0 aromatic heterocycles. The summed E-state index contributed by atoms with van der Waals surface area (Å²) in [6, 6.07) is 7.66. The summed E-state index contributed by atoms with van der Waals surface area (Å²) in [6.45, 7) is 2.38. The molecule has 0 amide bonds. The van der Waals surface area contributed by atoms with Crippen LogP contribution < -0.4 is 5.32 Å². The molecule has 0 fully saturated rings. The van der Waals surface area contributed by atoms with Gasteiger partial charge in [-0.3, -0.25) is 0 Å². The zero-order valence-electron chi connectivity index (χ0n) is 10.8. The molecular formula is C15H13ClF3N. The van der Waals surface area contributed by atoms with Crippen molar-refractivity contribution < 1.29 is 13.2 Å². The van der Waals surface area contributed by atoms with Crippen LogP contribution in [0, 0.1) is 17.5 Å². The average Bonchev–Trinajstić information content (AvgIpc) is 2.40. The first-order valence-electron chi connectivity index (χ1n) is 6.16. The minimum absolute atomic E-state index is 0.0491. The van der Waals surface area contributed by atoms with Gasteiger partial charge in [-0.25, -0.2) is 13.2 Å². The smallest absolute Gasteiger partial charge is 0.161 e. The molecule has 0 saturated heterocycles. The second-order valence-electron chi connectivity index (χ2n) is 4.33. The molecule has 0 saturated carbocycles. The summed E-state index contributed by atoms with van der Waals surface area (Å²) in [5.74, 6) is -3.08. The first kappa shape index (κ1) is 14.9. The van der Waals surface area contributed by atoms with E-state index in [1.54, 1.807) is 24.3 Å². The van der Waals surface area contributed by atoms with Gasteiger partial charge in [-0.15, -0.1) is 0 Å². The van der Waals surface area contributed by atoms with Gasteiger partial charge in [-0.05, 0) is 30.3 Å². The molecular weight excluding hydrogens is 287 g/mol. The Kier molecular flexibility index (Phi) is 4.68. The van der Waals surface area contributed by atoms with Gasteiger partial charge in [0.15, 0.2) is 11.6 Å². The maximum Gasteiger partial charge on any atom is 0.161 e. The van der Waals surface area contributed by atoms with Gasteiger partial charge in [-0.1, -0.05) is 30.7 Å². The van der Waals surface area contributed by atoms with Gasteiger partial charge in [0.2, 0.25) is 0 Å². The van der Waals surface area contributed by atoms with Crippen LogP contribution in [0.15, 0.2) is 36.4 Å². The Morgan fingerprint density at radius 2 is 1.75 bits per heavy atom. The van der Waals surface area contributed by atoms with Crippen molar-refractivity contribution in [2.75, 3.05) is 6.54 Å². The Morgan fingerprint density at radius 3 is 2.40 bits per heavy atom. The van der Waals surface area contributed by atoms with Crippen molar-refractivity contribution in [2.45, 2.75) is 13.0 Å². The fraction of sp³-hybridized carbons (Fsp3) is 0.200. The highest BCUT2D eigenvalue weighted by Gasteiger charge is 2.20. The molecule has 1 N–H and O–H groups in total. The Morgan fingerprint density at radius 1 is 1.05 bits per heavy atom. The van der Waals surface area contributed by atoms with Crippen molar-refractivity contribution in [3.63, 3.8) is 0 Å². The van der Waals surface area contributed by atoms with Gasteiger partial charge in [0, 0.05) is 16.7 Å². The Bertz CT molecular complexity index is 616. The van der Waals surface area contributed by atoms with Crippen LogP contribution in [0.4, 0.5) is 13.2 Å². The van der Waals surface area contributed by atoms with Gasteiger partial charge in [0.25, 0.3) is 0 Å². The van der Waals surface area contributed by atoms with Gasteiger partial charge >= 0.3 is 0 Å². The summed E-state index contributed by atoms with van der Waals surface area (Å²) in [4.78, 5) is 0. The fourth-order valence-corrected chi connectivity index (χ4v) is 2.26. The van der Waals surface area contributed by atoms with Crippen LogP contribution in [0.2, 0.25) is 5.02 Å². The second-order valence-corrected chi connectivity index (χ2v) is 4.77. The van der Waals surface area contributed by atoms with Crippen molar-refractivity contribution in [1.82, 2.24) is 5.32 Å². The molecule has 1 unspecified atom stereocenters. The summed E-state index contributed by atoms with van der Waals surface area (Å²) in [6.07, 6.45) is 0. The van der Waals surface area contributed by atoms with Crippen LogP contribution in [-0.2, 0) is 0 Å². The molecule has 20 heavy (non-hydrogen) atoms. The molecule has 106 valence electrons. The molecule has 0 radical (unpaired) electrons. The highest BCUT2D eigenvalue weighted by Crippen LogP contribution is 2.27. The van der Waals surface area contributed by atoms with Crippen molar-refractivity contribution in [3.05, 3.63) is 70.0 Å². The monoisotopic (exact) mass is 299 g/mol. The van der Waals surface area contributed by atoms with Gasteiger partial charge in [-0.2, -0.15) is 0 Å². The van der Waals surface area contributed by atoms with Crippen LogP contribution in [0.3, 0.4) is 0 Å². The van der Waals surface area contributed by atoms with Crippen molar-refractivity contribution in [2.24, 2.45) is 0 Å². The van der Waals surface area contributed by atoms with E-state index in [4.69, 9.17) is 11.6 Å². The van der Waals surface area contributed by atoms with E-state index in [0.29, 0.717) is 23.2 Å². The molecule has 0 heterocycles. The molecule has 1 nitrogen and oxygen atoms in total. The van der Waals surface area contributed by atoms with Crippen LogP contribution >= 0.6 is 11.6 Å². The Balaban J connectivity index is 2.51. The first-order valence-corrected chi connectivity index (χ1v) is 6.54. The van der Waals surface area contributed by atoms with E-state index < -0.39 is 23.5 Å². The van der Waals surface area contributed by atoms with Crippen molar-refractivity contribution >= 4 is 11.6 Å². The lowest BCUT2D eigenvalue weighted by Crippen LogP contribution is -2.23. The highest BCUT2D eigenvalue weighted by atomic mass is 35.5. The lowest BCUT2D eigenvalue weighted by molar-refractivity contribution is 0.481. The van der Waals surface area contributed by atoms with Crippen LogP contribution in [0.1, 0.15) is 24.1 Å². The number of rotatable bonds is 4. The number of benzene rings is 2. The van der Waals surface area contributed by atoms with Gasteiger partial charge < -0.3 is 5.32 Å². The van der Waals surface area contributed by atoms with E-state index in [0.717, 1.165) is 6.07 Å². The lowest BCUT2D eigenvalue weighted by atomic mass is 9.98. The third kappa shape index (κ3) is 3.14. The number of nitrogens with one attached hydrogen (secondary N) is 1. The van der Waals surface area contributed by atoms with Crippen molar-refractivity contribution in [1.29, 1.82) is 0 Å². The second kappa shape index (κ2) is 6.29. The van der Waals surface area contributed by atoms with E-state index in [9.17, 15) is 13.2 Å². The SMILES string of the molecule is CCNC(c1cccc(Cl)c1)c1cc(F)c(F)cc1F. The summed E-state index contributed by atoms with van der Waals surface area (Å²) >= 11 is 5.92. The minimum atomic E-state index is -1.20. The van der Waals surface area contributed by atoms with E-state index >= 15 is 0 Å². The predicted octanol–water partition coefficient (Wildman–Crippen LogP) is 4.46. The van der Waals surface area contributed by atoms with Crippen LogP contribution in [0.25, 0.3) is 0 Å². The van der Waals surface area contributed by atoms with E-state index in [1.165, 1.54) is 0 Å². The zero-order chi connectivity index (χ0) is 14.7. The number of halogens is 4. The number of hydrogen-bond acceptors (Lipinski definition) is 1. The van der Waals surface area contributed by atoms with Gasteiger partial charge in [0.05, 0.1) is 6.04 Å². The molecule has 0 bridgehead atoms. The van der Waals surface area contributed by atoms with Gasteiger partial charge in [0.1, 0.15) is 5.82 Å². The molecule has 1 atom stereocenters. The standard InChI is InChI=1S/C15H13ClF3N/c1-2-20-15(9-4-3-5-10(16)6-9)11-7-13(18)14(19)8-12(11)17/h3-8,15,20H,2H2,1H3. The molecule has 2 aromatic carbocycles. The van der Waals surface area contributed by atoms with E-state index in [-0.39, 0.29) is 5.56 Å². The lowest BCUT2D eigenvalue weighted by Gasteiger charge is -2.20. The Labute approximate surface area is 120 Å². The molecule has 0 spiro atoms. The third-order valence-corrected chi connectivity index (χ3v) is 3.18. The molecule has 0 aliphatic heterocycles. The molecule has 0 aliphatic rings. The summed E-state index contributed by atoms with van der Waals surface area (Å²) < 4.78 is 40.3. The minimum Gasteiger partial charge on any atom is -0.306 e. The topological polar surface area (TPSA) is 12.0 Å². The number of hydrogen-bond donors (Lipinski definition) is 1. The predicted molar refractivity (Wildman–Crippen MR) is 73.3 cm³/mol. The molecule has 2 rings (SSSR count).